The van der Waals surface area contributed by atoms with Gasteiger partial charge in [-0.05, 0) is 29.8 Å². The van der Waals surface area contributed by atoms with Crippen molar-refractivity contribution in [1.82, 2.24) is 10.6 Å². The van der Waals surface area contributed by atoms with Crippen molar-refractivity contribution in [2.24, 2.45) is 0 Å². The predicted octanol–water partition coefficient (Wildman–Crippen LogP) is 3.28. The van der Waals surface area contributed by atoms with Crippen LogP contribution in [0, 0.1) is 10.1 Å². The molecule has 0 aliphatic rings. The van der Waals surface area contributed by atoms with Gasteiger partial charge in [0.1, 0.15) is 11.5 Å². The first-order chi connectivity index (χ1) is 14.0. The summed E-state index contributed by atoms with van der Waals surface area (Å²) in [5, 5.41) is 16.0. The number of hydrogen-bond acceptors (Lipinski definition) is 5. The molecular formula is C21H17N3O5. The average molecular weight is 391 g/mol. The molecule has 0 saturated carbocycles. The number of nitrogens with zero attached hydrogens (tertiary/aromatic N) is 1. The van der Waals surface area contributed by atoms with E-state index in [9.17, 15) is 19.7 Å². The van der Waals surface area contributed by atoms with Crippen LogP contribution in [-0.2, 0) is 11.3 Å². The molecule has 0 radical (unpaired) electrons. The molecule has 1 heterocycles. The minimum Gasteiger partial charge on any atom is -0.465 e. The molecule has 0 atom stereocenters. The van der Waals surface area contributed by atoms with Gasteiger partial charge in [-0.1, -0.05) is 30.3 Å². The maximum atomic E-state index is 12.6. The van der Waals surface area contributed by atoms with Gasteiger partial charge in [0, 0.05) is 30.3 Å². The van der Waals surface area contributed by atoms with E-state index in [1.807, 2.05) is 30.3 Å². The third-order valence-corrected chi connectivity index (χ3v) is 3.96. The lowest BCUT2D eigenvalue weighted by Crippen LogP contribution is -2.34. The molecule has 0 fully saturated rings. The van der Waals surface area contributed by atoms with Crippen LogP contribution in [0.1, 0.15) is 21.7 Å². The first-order valence-electron chi connectivity index (χ1n) is 8.66. The van der Waals surface area contributed by atoms with E-state index in [4.69, 9.17) is 4.42 Å². The summed E-state index contributed by atoms with van der Waals surface area (Å²) in [4.78, 5) is 35.3. The van der Waals surface area contributed by atoms with Crippen LogP contribution in [0.25, 0.3) is 6.08 Å². The Morgan fingerprint density at radius 1 is 1.00 bits per heavy atom. The summed E-state index contributed by atoms with van der Waals surface area (Å²) < 4.78 is 5.22. The van der Waals surface area contributed by atoms with Crippen molar-refractivity contribution >= 4 is 23.6 Å². The molecule has 0 aliphatic carbocycles. The smallest absolute Gasteiger partial charge is 0.269 e. The highest BCUT2D eigenvalue weighted by Crippen LogP contribution is 2.13. The molecule has 0 unspecified atom stereocenters. The van der Waals surface area contributed by atoms with Gasteiger partial charge in [0.15, 0.2) is 0 Å². The minimum atomic E-state index is -0.576. The molecule has 1 aromatic heterocycles. The second-order valence-corrected chi connectivity index (χ2v) is 6.00. The second kappa shape index (κ2) is 9.14. The van der Waals surface area contributed by atoms with E-state index in [1.54, 1.807) is 12.1 Å². The van der Waals surface area contributed by atoms with Crippen LogP contribution < -0.4 is 10.6 Å². The Morgan fingerprint density at radius 3 is 2.34 bits per heavy atom. The number of benzene rings is 2. The van der Waals surface area contributed by atoms with Crippen molar-refractivity contribution in [3.63, 3.8) is 0 Å². The number of nitrogens with one attached hydrogen (secondary N) is 2. The fourth-order valence-electron chi connectivity index (χ4n) is 2.48. The highest BCUT2D eigenvalue weighted by Gasteiger charge is 2.16. The largest absolute Gasteiger partial charge is 0.465 e. The summed E-state index contributed by atoms with van der Waals surface area (Å²) in [6.45, 7) is 0.280. The maximum absolute atomic E-state index is 12.6. The molecular weight excluding hydrogens is 374 g/mol. The lowest BCUT2D eigenvalue weighted by Gasteiger charge is -2.11. The molecule has 2 amide bonds. The summed E-state index contributed by atoms with van der Waals surface area (Å²) in [5.41, 5.74) is 0.935. The summed E-state index contributed by atoms with van der Waals surface area (Å²) in [6, 6.07) is 17.7. The van der Waals surface area contributed by atoms with Crippen molar-refractivity contribution in [2.75, 3.05) is 0 Å². The van der Waals surface area contributed by atoms with Crippen molar-refractivity contribution in [1.29, 1.82) is 0 Å². The Kier molecular flexibility index (Phi) is 6.16. The number of carbonyl (C=O) groups excluding carboxylic acids is 2. The predicted molar refractivity (Wildman–Crippen MR) is 106 cm³/mol. The van der Waals surface area contributed by atoms with E-state index in [0.717, 1.165) is 5.56 Å². The average Bonchev–Trinajstić information content (AvgIpc) is 3.25. The zero-order chi connectivity index (χ0) is 20.6. The normalized spacial score (nSPS) is 11.0. The fraction of sp³-hybridized carbons (Fsp3) is 0.0476. The number of furan rings is 1. The molecule has 0 saturated heterocycles. The van der Waals surface area contributed by atoms with Gasteiger partial charge in [-0.3, -0.25) is 19.7 Å². The molecule has 8 nitrogen and oxygen atoms in total. The van der Waals surface area contributed by atoms with Crippen molar-refractivity contribution in [3.8, 4) is 0 Å². The molecule has 3 aromatic rings. The van der Waals surface area contributed by atoms with Gasteiger partial charge < -0.3 is 15.1 Å². The first-order valence-corrected chi connectivity index (χ1v) is 8.66. The van der Waals surface area contributed by atoms with Crippen LogP contribution in [0.3, 0.4) is 0 Å². The van der Waals surface area contributed by atoms with E-state index in [2.05, 4.69) is 10.6 Å². The van der Waals surface area contributed by atoms with Gasteiger partial charge in [-0.25, -0.2) is 0 Å². The Bertz CT molecular complexity index is 1030. The van der Waals surface area contributed by atoms with Crippen molar-refractivity contribution in [2.45, 2.75) is 6.54 Å². The summed E-state index contributed by atoms with van der Waals surface area (Å²) in [6.07, 6.45) is 2.85. The Balaban J connectivity index is 1.75. The van der Waals surface area contributed by atoms with E-state index >= 15 is 0 Å². The lowest BCUT2D eigenvalue weighted by molar-refractivity contribution is -0.384. The molecule has 3 rings (SSSR count). The van der Waals surface area contributed by atoms with E-state index in [0.29, 0.717) is 5.76 Å². The number of hydrogen-bond donors (Lipinski definition) is 2. The van der Waals surface area contributed by atoms with Crippen LogP contribution in [-0.4, -0.2) is 16.7 Å². The Morgan fingerprint density at radius 2 is 1.72 bits per heavy atom. The zero-order valence-electron chi connectivity index (χ0n) is 15.2. The second-order valence-electron chi connectivity index (χ2n) is 6.00. The molecule has 0 spiro atoms. The van der Waals surface area contributed by atoms with Crippen molar-refractivity contribution in [3.05, 3.63) is 106 Å². The topological polar surface area (TPSA) is 114 Å². The highest BCUT2D eigenvalue weighted by atomic mass is 16.6. The molecule has 0 bridgehead atoms. The quantitative estimate of drug-likeness (QED) is 0.364. The van der Waals surface area contributed by atoms with Gasteiger partial charge in [0.05, 0.1) is 11.2 Å². The highest BCUT2D eigenvalue weighted by molar-refractivity contribution is 6.05. The van der Waals surface area contributed by atoms with Crippen molar-refractivity contribution < 1.29 is 18.9 Å². The summed E-state index contributed by atoms with van der Waals surface area (Å²) in [5.74, 6) is -0.688. The Hall–Kier alpha value is -4.20. The maximum Gasteiger partial charge on any atom is 0.269 e. The number of nitro groups is 1. The van der Waals surface area contributed by atoms with Gasteiger partial charge in [-0.2, -0.15) is 0 Å². The van der Waals surface area contributed by atoms with Crippen LogP contribution in [0.4, 0.5) is 5.69 Å². The molecule has 8 heteroatoms. The van der Waals surface area contributed by atoms with E-state index in [1.165, 1.54) is 36.6 Å². The standard InChI is InChI=1S/C21H17N3O5/c25-20(16-8-10-17(11-9-16)24(27)28)23-19(13-18-7-4-12-29-18)21(26)22-14-15-5-2-1-3-6-15/h1-13H,14H2,(H,22,26)(H,23,25)/b19-13+. The summed E-state index contributed by atoms with van der Waals surface area (Å²) >= 11 is 0. The van der Waals surface area contributed by atoms with Gasteiger partial charge >= 0.3 is 0 Å². The molecule has 146 valence electrons. The number of amides is 2. The molecule has 2 aromatic carbocycles. The molecule has 0 aliphatic heterocycles. The Labute approximate surface area is 166 Å². The first kappa shape index (κ1) is 19.6. The van der Waals surface area contributed by atoms with E-state index in [-0.39, 0.29) is 23.5 Å². The van der Waals surface area contributed by atoms with Gasteiger partial charge in [0.2, 0.25) is 0 Å². The van der Waals surface area contributed by atoms with Crippen LogP contribution >= 0.6 is 0 Å². The minimum absolute atomic E-state index is 0.0146. The van der Waals surface area contributed by atoms with Crippen LogP contribution in [0.15, 0.2) is 83.1 Å². The van der Waals surface area contributed by atoms with E-state index < -0.39 is 16.7 Å². The number of nitro benzene ring substituents is 1. The molecule has 2 N–H and O–H groups in total. The fourth-order valence-corrected chi connectivity index (χ4v) is 2.48. The van der Waals surface area contributed by atoms with Crippen LogP contribution in [0.2, 0.25) is 0 Å². The van der Waals surface area contributed by atoms with Gasteiger partial charge in [0.25, 0.3) is 17.5 Å². The molecule has 29 heavy (non-hydrogen) atoms. The number of carbonyl (C=O) groups is 2. The third-order valence-electron chi connectivity index (χ3n) is 3.96. The monoisotopic (exact) mass is 391 g/mol. The SMILES string of the molecule is O=C(NCc1ccccc1)/C(=C\c1ccco1)NC(=O)c1ccc([N+](=O)[O-])cc1. The van der Waals surface area contributed by atoms with Crippen LogP contribution in [0.5, 0.6) is 0 Å². The number of non-ortho nitro benzene ring substituents is 1. The zero-order valence-corrected chi connectivity index (χ0v) is 15.2. The number of rotatable bonds is 7. The third kappa shape index (κ3) is 5.39. The van der Waals surface area contributed by atoms with Gasteiger partial charge in [-0.15, -0.1) is 0 Å². The lowest BCUT2D eigenvalue weighted by atomic mass is 10.2. The summed E-state index contributed by atoms with van der Waals surface area (Å²) in [7, 11) is 0.